The molecule has 0 fully saturated rings. The van der Waals surface area contributed by atoms with Crippen LogP contribution >= 0.6 is 0 Å². The van der Waals surface area contributed by atoms with Crippen molar-refractivity contribution in [2.24, 2.45) is 4.99 Å². The van der Waals surface area contributed by atoms with E-state index in [9.17, 15) is 23.5 Å². The van der Waals surface area contributed by atoms with Crippen LogP contribution in [-0.2, 0) is 29.0 Å². The number of hydrogen-bond acceptors (Lipinski definition) is 5. The molecule has 0 aliphatic carbocycles. The molecule has 1 aliphatic rings. The molecule has 216 valence electrons. The van der Waals surface area contributed by atoms with Gasteiger partial charge < -0.3 is 15.0 Å². The molecule has 0 radical (unpaired) electrons. The first-order valence-electron chi connectivity index (χ1n) is 13.8. The number of nitrogens with one attached hydrogen (secondary N) is 1. The van der Waals surface area contributed by atoms with E-state index in [1.807, 2.05) is 43.3 Å². The van der Waals surface area contributed by atoms with Crippen molar-refractivity contribution in [3.8, 4) is 11.1 Å². The van der Waals surface area contributed by atoms with Crippen LogP contribution in [0.5, 0.6) is 0 Å². The molecule has 2 unspecified atom stereocenters. The third kappa shape index (κ3) is 5.90. The maximum atomic E-state index is 13.2. The van der Waals surface area contributed by atoms with Crippen LogP contribution in [-0.4, -0.2) is 36.1 Å². The molecule has 10 heteroatoms. The SMILES string of the molecule is CCCCc1cc2c(n1Cc1ccc(-c3ccccc3N(C(=O)c3ccccc3)S(=O)O)cc1)NC(C(=O)O)=NC2C. The molecule has 0 saturated heterocycles. The van der Waals surface area contributed by atoms with Gasteiger partial charge in [0.1, 0.15) is 5.82 Å². The molecule has 3 aromatic carbocycles. The predicted octanol–water partition coefficient (Wildman–Crippen LogP) is 6.30. The Labute approximate surface area is 247 Å². The summed E-state index contributed by atoms with van der Waals surface area (Å²) in [5.74, 6) is -0.999. The average molecular weight is 585 g/mol. The van der Waals surface area contributed by atoms with Gasteiger partial charge in [-0.2, -0.15) is 0 Å². The fraction of sp³-hybridized carbons (Fsp3) is 0.219. The monoisotopic (exact) mass is 584 g/mol. The second-order valence-electron chi connectivity index (χ2n) is 10.1. The number of rotatable bonds is 10. The number of aryl methyl sites for hydroxylation is 1. The number of amides is 1. The topological polar surface area (TPSA) is 124 Å². The van der Waals surface area contributed by atoms with Crippen molar-refractivity contribution < 1.29 is 23.5 Å². The molecule has 2 heterocycles. The van der Waals surface area contributed by atoms with E-state index in [2.05, 4.69) is 27.9 Å². The molecule has 9 nitrogen and oxygen atoms in total. The maximum absolute atomic E-state index is 13.2. The fourth-order valence-electron chi connectivity index (χ4n) is 5.17. The Morgan fingerprint density at radius 2 is 1.71 bits per heavy atom. The van der Waals surface area contributed by atoms with Crippen molar-refractivity contribution in [1.82, 2.24) is 4.57 Å². The molecule has 1 amide bonds. The lowest BCUT2D eigenvalue weighted by molar-refractivity contribution is -0.129. The number of aromatic nitrogens is 1. The van der Waals surface area contributed by atoms with Crippen LogP contribution in [0.1, 0.15) is 59.9 Å². The summed E-state index contributed by atoms with van der Waals surface area (Å²) in [6.45, 7) is 4.55. The number of anilines is 2. The van der Waals surface area contributed by atoms with E-state index in [-0.39, 0.29) is 11.9 Å². The highest BCUT2D eigenvalue weighted by atomic mass is 32.2. The third-order valence-corrected chi connectivity index (χ3v) is 7.98. The van der Waals surface area contributed by atoms with E-state index in [0.29, 0.717) is 23.4 Å². The summed E-state index contributed by atoms with van der Waals surface area (Å²) in [5, 5.41) is 12.6. The minimum absolute atomic E-state index is 0.0702. The molecule has 0 saturated carbocycles. The van der Waals surface area contributed by atoms with Gasteiger partial charge in [-0.1, -0.05) is 74.0 Å². The van der Waals surface area contributed by atoms with Crippen molar-refractivity contribution in [1.29, 1.82) is 0 Å². The summed E-state index contributed by atoms with van der Waals surface area (Å²) < 4.78 is 25.6. The van der Waals surface area contributed by atoms with Gasteiger partial charge in [0.15, 0.2) is 0 Å². The molecule has 2 atom stereocenters. The number of carbonyl (C=O) groups excluding carboxylic acids is 1. The zero-order chi connectivity index (χ0) is 29.8. The van der Waals surface area contributed by atoms with E-state index in [4.69, 9.17) is 0 Å². The first-order chi connectivity index (χ1) is 20.3. The molecule has 0 bridgehead atoms. The molecular formula is C32H32N4O5S. The largest absolute Gasteiger partial charge is 0.475 e. The molecule has 42 heavy (non-hydrogen) atoms. The standard InChI is InChI=1S/C32H32N4O5S/c1-3-4-12-25-19-27-21(2)33-29(32(38)39)34-30(27)35(25)20-22-15-17-23(18-16-22)26-13-8-9-14-28(26)36(42(40)41)31(37)24-10-6-5-7-11-24/h5-11,13-19,21H,3-4,12,20H2,1-2H3,(H,33,34)(H,38,39)(H,40,41). The zero-order valence-electron chi connectivity index (χ0n) is 23.4. The number of fused-ring (bicyclic) bond motifs is 1. The highest BCUT2D eigenvalue weighted by Crippen LogP contribution is 2.36. The smallest absolute Gasteiger partial charge is 0.371 e. The molecule has 1 aromatic heterocycles. The summed E-state index contributed by atoms with van der Waals surface area (Å²) in [6.07, 6.45) is 2.89. The number of nitrogens with zero attached hydrogens (tertiary/aromatic N) is 3. The van der Waals surface area contributed by atoms with Crippen LogP contribution in [0.4, 0.5) is 11.5 Å². The van der Waals surface area contributed by atoms with E-state index >= 15 is 0 Å². The Morgan fingerprint density at radius 1 is 1.02 bits per heavy atom. The summed E-state index contributed by atoms with van der Waals surface area (Å²) in [6, 6.07) is 25.0. The number of aliphatic imine (C=N–C) groups is 1. The third-order valence-electron chi connectivity index (χ3n) is 7.30. The lowest BCUT2D eigenvalue weighted by Gasteiger charge is -2.22. The first-order valence-corrected chi connectivity index (χ1v) is 14.8. The Kier molecular flexibility index (Phi) is 8.65. The molecular weight excluding hydrogens is 552 g/mol. The van der Waals surface area contributed by atoms with Crippen molar-refractivity contribution >= 4 is 40.5 Å². The highest BCUT2D eigenvalue weighted by Gasteiger charge is 2.28. The Morgan fingerprint density at radius 3 is 2.38 bits per heavy atom. The van der Waals surface area contributed by atoms with Crippen molar-refractivity contribution in [2.45, 2.75) is 45.7 Å². The van der Waals surface area contributed by atoms with E-state index in [0.717, 1.165) is 51.8 Å². The number of unbranched alkanes of at least 4 members (excludes halogenated alkanes) is 1. The number of amidine groups is 1. The van der Waals surface area contributed by atoms with Gasteiger partial charge in [-0.15, -0.1) is 0 Å². The highest BCUT2D eigenvalue weighted by molar-refractivity contribution is 7.81. The van der Waals surface area contributed by atoms with Crippen LogP contribution < -0.4 is 9.62 Å². The molecule has 0 spiro atoms. The summed E-state index contributed by atoms with van der Waals surface area (Å²) in [5.41, 5.74) is 5.10. The summed E-state index contributed by atoms with van der Waals surface area (Å²) >= 11 is -2.59. The van der Waals surface area contributed by atoms with E-state index < -0.39 is 23.1 Å². The number of carboxylic acids is 1. The minimum Gasteiger partial charge on any atom is -0.475 e. The molecule has 5 rings (SSSR count). The van der Waals surface area contributed by atoms with Gasteiger partial charge in [0.05, 0.1) is 11.7 Å². The van der Waals surface area contributed by atoms with Crippen molar-refractivity contribution in [3.05, 3.63) is 107 Å². The van der Waals surface area contributed by atoms with Crippen LogP contribution in [0.25, 0.3) is 11.1 Å². The number of carbonyl (C=O) groups is 2. The first kappa shape index (κ1) is 29.0. The number of benzene rings is 3. The van der Waals surface area contributed by atoms with Gasteiger partial charge >= 0.3 is 5.97 Å². The van der Waals surface area contributed by atoms with Crippen LogP contribution in [0.2, 0.25) is 0 Å². The van der Waals surface area contributed by atoms with Gasteiger partial charge in [0.2, 0.25) is 5.84 Å². The van der Waals surface area contributed by atoms with Gasteiger partial charge in [0, 0.05) is 28.9 Å². The summed E-state index contributed by atoms with van der Waals surface area (Å²) in [7, 11) is 0. The lowest BCUT2D eigenvalue weighted by atomic mass is 10.0. The number of para-hydroxylation sites is 1. The fourth-order valence-corrected chi connectivity index (χ4v) is 5.75. The number of aliphatic carboxylic acids is 1. The second-order valence-corrected chi connectivity index (χ2v) is 11.0. The van der Waals surface area contributed by atoms with Gasteiger partial charge in [-0.25, -0.2) is 13.3 Å². The van der Waals surface area contributed by atoms with E-state index in [1.165, 1.54) is 0 Å². The van der Waals surface area contributed by atoms with E-state index in [1.54, 1.807) is 42.5 Å². The zero-order valence-corrected chi connectivity index (χ0v) is 24.2. The minimum atomic E-state index is -2.59. The van der Waals surface area contributed by atoms with Gasteiger partial charge in [-0.3, -0.25) is 14.3 Å². The normalized spacial score (nSPS) is 14.8. The second kappa shape index (κ2) is 12.5. The van der Waals surface area contributed by atoms with Crippen molar-refractivity contribution in [3.63, 3.8) is 0 Å². The van der Waals surface area contributed by atoms with Crippen LogP contribution in [0.3, 0.4) is 0 Å². The summed E-state index contributed by atoms with van der Waals surface area (Å²) in [4.78, 5) is 29.2. The number of carboxylic acid groups (broad SMARTS) is 1. The van der Waals surface area contributed by atoms with Gasteiger partial charge in [-0.05, 0) is 55.2 Å². The molecule has 4 aromatic rings. The predicted molar refractivity (Wildman–Crippen MR) is 165 cm³/mol. The van der Waals surface area contributed by atoms with Crippen molar-refractivity contribution in [2.75, 3.05) is 9.62 Å². The van der Waals surface area contributed by atoms with Gasteiger partial charge in [0.25, 0.3) is 17.2 Å². The Bertz CT molecular complexity index is 1660. The number of hydrogen-bond donors (Lipinski definition) is 3. The maximum Gasteiger partial charge on any atom is 0.371 e. The average Bonchev–Trinajstić information content (AvgIpc) is 3.34. The van der Waals surface area contributed by atoms with Crippen LogP contribution in [0, 0.1) is 0 Å². The Hall–Kier alpha value is -4.54. The quantitative estimate of drug-likeness (QED) is 0.188. The molecule has 1 aliphatic heterocycles. The molecule has 3 N–H and O–H groups in total. The lowest BCUT2D eigenvalue weighted by Crippen LogP contribution is -2.32. The van der Waals surface area contributed by atoms with Crippen LogP contribution in [0.15, 0.2) is 89.9 Å². The Balaban J connectivity index is 1.47.